The predicted octanol–water partition coefficient (Wildman–Crippen LogP) is 1.42. The molecule has 1 aliphatic rings. The van der Waals surface area contributed by atoms with Gasteiger partial charge in [-0.25, -0.2) is 10.9 Å². The van der Waals surface area contributed by atoms with Gasteiger partial charge in [-0.15, -0.1) is 0 Å². The molecule has 2 atom stereocenters. The molecule has 2 aromatic carbocycles. The van der Waals surface area contributed by atoms with Gasteiger partial charge in [0.1, 0.15) is 6.04 Å². The van der Waals surface area contributed by atoms with E-state index in [2.05, 4.69) is 21.7 Å². The molecule has 2 aromatic rings. The Bertz CT molecular complexity index is 743. The standard InChI is InChI=1S/C17H18N4O3/c1-10(22)18-14-8-6-12(7-9-14)11-2-4-13(5-3-11)15-16(17(23)24)20-21-19-15/h2-9,15-16,19-21H,1H3,(H,18,22)(H,23,24). The van der Waals surface area contributed by atoms with Crippen molar-refractivity contribution < 1.29 is 14.7 Å². The second-order valence-corrected chi connectivity index (χ2v) is 5.59. The Morgan fingerprint density at radius 1 is 0.958 bits per heavy atom. The first-order valence-corrected chi connectivity index (χ1v) is 7.51. The van der Waals surface area contributed by atoms with Gasteiger partial charge in [-0.05, 0) is 28.8 Å². The van der Waals surface area contributed by atoms with Crippen molar-refractivity contribution in [2.75, 3.05) is 5.32 Å². The van der Waals surface area contributed by atoms with Crippen molar-refractivity contribution in [3.63, 3.8) is 0 Å². The Balaban J connectivity index is 1.77. The molecule has 1 amide bonds. The summed E-state index contributed by atoms with van der Waals surface area (Å²) in [5, 5.41) is 11.9. The first kappa shape index (κ1) is 16.1. The molecule has 0 aliphatic carbocycles. The highest BCUT2D eigenvalue weighted by Gasteiger charge is 2.33. The van der Waals surface area contributed by atoms with Crippen LogP contribution in [0.3, 0.4) is 0 Å². The van der Waals surface area contributed by atoms with Crippen LogP contribution in [0.5, 0.6) is 0 Å². The summed E-state index contributed by atoms with van der Waals surface area (Å²) < 4.78 is 0. The van der Waals surface area contributed by atoms with Gasteiger partial charge < -0.3 is 10.4 Å². The molecular formula is C17H18N4O3. The molecule has 124 valence electrons. The lowest BCUT2D eigenvalue weighted by atomic mass is 9.97. The number of nitrogens with one attached hydrogen (secondary N) is 4. The van der Waals surface area contributed by atoms with Crippen LogP contribution in [-0.4, -0.2) is 23.0 Å². The van der Waals surface area contributed by atoms with Gasteiger partial charge in [-0.3, -0.25) is 9.59 Å². The van der Waals surface area contributed by atoms with E-state index in [0.29, 0.717) is 0 Å². The van der Waals surface area contributed by atoms with Crippen LogP contribution in [0.15, 0.2) is 48.5 Å². The van der Waals surface area contributed by atoms with E-state index in [4.69, 9.17) is 0 Å². The number of hydrazine groups is 2. The number of carbonyl (C=O) groups excluding carboxylic acids is 1. The molecule has 2 unspecified atom stereocenters. The molecule has 0 bridgehead atoms. The maximum atomic E-state index is 11.2. The number of amides is 1. The summed E-state index contributed by atoms with van der Waals surface area (Å²) in [4.78, 5) is 22.2. The molecule has 0 spiro atoms. The molecule has 1 fully saturated rings. The third-order valence-corrected chi connectivity index (χ3v) is 3.86. The number of anilines is 1. The molecule has 1 aliphatic heterocycles. The monoisotopic (exact) mass is 326 g/mol. The highest BCUT2D eigenvalue weighted by Crippen LogP contribution is 2.25. The molecule has 0 radical (unpaired) electrons. The predicted molar refractivity (Wildman–Crippen MR) is 89.8 cm³/mol. The van der Waals surface area contributed by atoms with E-state index in [-0.39, 0.29) is 11.9 Å². The molecule has 1 saturated heterocycles. The van der Waals surface area contributed by atoms with Crippen molar-refractivity contribution in [3.05, 3.63) is 54.1 Å². The molecule has 1 heterocycles. The average molecular weight is 326 g/mol. The summed E-state index contributed by atoms with van der Waals surface area (Å²) in [6, 6.07) is 14.2. The molecule has 7 nitrogen and oxygen atoms in total. The maximum Gasteiger partial charge on any atom is 0.324 e. The Morgan fingerprint density at radius 2 is 1.54 bits per heavy atom. The number of carboxylic acid groups (broad SMARTS) is 1. The zero-order valence-electron chi connectivity index (χ0n) is 13.0. The number of rotatable bonds is 4. The number of aliphatic carboxylic acids is 1. The number of hydrogen-bond donors (Lipinski definition) is 5. The zero-order valence-corrected chi connectivity index (χ0v) is 13.0. The van der Waals surface area contributed by atoms with Gasteiger partial charge in [-0.2, -0.15) is 5.53 Å². The van der Waals surface area contributed by atoms with Crippen LogP contribution < -0.4 is 21.7 Å². The minimum Gasteiger partial charge on any atom is -0.480 e. The highest BCUT2D eigenvalue weighted by atomic mass is 16.4. The molecule has 24 heavy (non-hydrogen) atoms. The van der Waals surface area contributed by atoms with Crippen molar-refractivity contribution >= 4 is 17.6 Å². The lowest BCUT2D eigenvalue weighted by Crippen LogP contribution is -2.38. The smallest absolute Gasteiger partial charge is 0.324 e. The SMILES string of the molecule is CC(=O)Nc1ccc(-c2ccc(C3NNNC3C(=O)O)cc2)cc1. The molecule has 0 saturated carbocycles. The zero-order chi connectivity index (χ0) is 17.1. The van der Waals surface area contributed by atoms with Crippen LogP contribution in [0.1, 0.15) is 18.5 Å². The van der Waals surface area contributed by atoms with Crippen LogP contribution in [0.2, 0.25) is 0 Å². The maximum absolute atomic E-state index is 11.2. The normalized spacial score (nSPS) is 19.9. The summed E-state index contributed by atoms with van der Waals surface area (Å²) >= 11 is 0. The van der Waals surface area contributed by atoms with Crippen LogP contribution in [0.25, 0.3) is 11.1 Å². The molecular weight excluding hydrogens is 308 g/mol. The van der Waals surface area contributed by atoms with Crippen LogP contribution in [0, 0.1) is 0 Å². The van der Waals surface area contributed by atoms with Crippen LogP contribution in [-0.2, 0) is 9.59 Å². The summed E-state index contributed by atoms with van der Waals surface area (Å²) in [6.45, 7) is 1.47. The second-order valence-electron chi connectivity index (χ2n) is 5.59. The van der Waals surface area contributed by atoms with Crippen molar-refractivity contribution in [2.45, 2.75) is 19.0 Å². The number of benzene rings is 2. The lowest BCUT2D eigenvalue weighted by Gasteiger charge is -2.15. The Kier molecular flexibility index (Phi) is 4.57. The fraction of sp³-hybridized carbons (Fsp3) is 0.176. The van der Waals surface area contributed by atoms with Gasteiger partial charge in [0.15, 0.2) is 0 Å². The van der Waals surface area contributed by atoms with E-state index in [1.165, 1.54) is 6.92 Å². The van der Waals surface area contributed by atoms with Crippen molar-refractivity contribution in [1.82, 2.24) is 16.4 Å². The van der Waals surface area contributed by atoms with E-state index in [9.17, 15) is 14.7 Å². The van der Waals surface area contributed by atoms with E-state index in [1.807, 2.05) is 48.5 Å². The fourth-order valence-electron chi connectivity index (χ4n) is 2.68. The first-order chi connectivity index (χ1) is 11.5. The molecule has 7 heteroatoms. The highest BCUT2D eigenvalue weighted by molar-refractivity contribution is 5.89. The largest absolute Gasteiger partial charge is 0.480 e. The van der Waals surface area contributed by atoms with E-state index >= 15 is 0 Å². The van der Waals surface area contributed by atoms with Gasteiger partial charge in [-0.1, -0.05) is 36.4 Å². The number of carbonyl (C=O) groups is 2. The quantitative estimate of drug-likeness (QED) is 0.582. The Morgan fingerprint density at radius 3 is 2.08 bits per heavy atom. The fourth-order valence-corrected chi connectivity index (χ4v) is 2.68. The van der Waals surface area contributed by atoms with Crippen molar-refractivity contribution in [3.8, 4) is 11.1 Å². The summed E-state index contributed by atoms with van der Waals surface area (Å²) in [6.07, 6.45) is 0. The van der Waals surface area contributed by atoms with E-state index < -0.39 is 12.0 Å². The second kappa shape index (κ2) is 6.79. The Hall–Kier alpha value is -2.74. The van der Waals surface area contributed by atoms with Crippen LogP contribution in [0.4, 0.5) is 5.69 Å². The Labute approximate surface area is 139 Å². The van der Waals surface area contributed by atoms with Gasteiger partial charge in [0.25, 0.3) is 0 Å². The van der Waals surface area contributed by atoms with Gasteiger partial charge in [0, 0.05) is 12.6 Å². The minimum absolute atomic E-state index is 0.105. The van der Waals surface area contributed by atoms with E-state index in [1.54, 1.807) is 0 Å². The summed E-state index contributed by atoms with van der Waals surface area (Å²) in [7, 11) is 0. The summed E-state index contributed by atoms with van der Waals surface area (Å²) in [5.74, 6) is -1.03. The van der Waals surface area contributed by atoms with Crippen molar-refractivity contribution in [1.29, 1.82) is 0 Å². The number of carboxylic acids is 1. The van der Waals surface area contributed by atoms with Crippen molar-refractivity contribution in [2.24, 2.45) is 0 Å². The molecule has 3 rings (SSSR count). The van der Waals surface area contributed by atoms with E-state index in [0.717, 1.165) is 22.4 Å². The summed E-state index contributed by atoms with van der Waals surface area (Å²) in [5.41, 5.74) is 11.9. The first-order valence-electron chi connectivity index (χ1n) is 7.51. The third kappa shape index (κ3) is 3.43. The lowest BCUT2D eigenvalue weighted by molar-refractivity contribution is -0.139. The van der Waals surface area contributed by atoms with Gasteiger partial charge in [0.2, 0.25) is 5.91 Å². The topological polar surface area (TPSA) is 102 Å². The van der Waals surface area contributed by atoms with Crippen LogP contribution >= 0.6 is 0 Å². The van der Waals surface area contributed by atoms with Gasteiger partial charge >= 0.3 is 5.97 Å². The average Bonchev–Trinajstić information content (AvgIpc) is 3.05. The van der Waals surface area contributed by atoms with Gasteiger partial charge in [0.05, 0.1) is 6.04 Å². The third-order valence-electron chi connectivity index (χ3n) is 3.86. The molecule has 5 N–H and O–H groups in total. The number of hydrogen-bond acceptors (Lipinski definition) is 5. The minimum atomic E-state index is -0.921. The molecule has 0 aromatic heterocycles.